The molecule has 0 bridgehead atoms. The number of halogens is 3. The molecule has 0 saturated heterocycles. The summed E-state index contributed by atoms with van der Waals surface area (Å²) in [5.74, 6) is -0.367. The summed E-state index contributed by atoms with van der Waals surface area (Å²) in [6, 6.07) is 4.80. The van der Waals surface area contributed by atoms with Gasteiger partial charge >= 0.3 is 0 Å². The summed E-state index contributed by atoms with van der Waals surface area (Å²) in [5, 5.41) is 8.74. The highest BCUT2D eigenvalue weighted by molar-refractivity contribution is 14.1. The summed E-state index contributed by atoms with van der Waals surface area (Å²) in [5.41, 5.74) is 0.642. The van der Waals surface area contributed by atoms with Crippen LogP contribution in [0.5, 0.6) is 0 Å². The molecule has 0 aromatic heterocycles. The third kappa shape index (κ3) is 2.08. The fraction of sp³-hybridized carbons (Fsp3) is 0.125. The van der Waals surface area contributed by atoms with Gasteiger partial charge < -0.3 is 0 Å². The molecule has 0 N–H and O–H groups in total. The second-order valence-electron chi connectivity index (χ2n) is 2.20. The van der Waals surface area contributed by atoms with Gasteiger partial charge in [0.05, 0.1) is 16.1 Å². The summed E-state index contributed by atoms with van der Waals surface area (Å²) >= 11 is 7.47. The second-order valence-corrected chi connectivity index (χ2v) is 3.71. The molecule has 1 nitrogen and oxygen atoms in total. The normalized spacial score (nSPS) is 9.50. The molecule has 0 unspecified atom stereocenters. The van der Waals surface area contributed by atoms with Crippen molar-refractivity contribution in [2.45, 2.75) is 6.42 Å². The van der Waals surface area contributed by atoms with E-state index in [1.165, 1.54) is 6.07 Å². The van der Waals surface area contributed by atoms with Crippen molar-refractivity contribution in [2.24, 2.45) is 0 Å². The highest BCUT2D eigenvalue weighted by atomic mass is 127. The molecule has 0 heterocycles. The van der Waals surface area contributed by atoms with E-state index < -0.39 is 0 Å². The van der Waals surface area contributed by atoms with Gasteiger partial charge in [-0.1, -0.05) is 11.6 Å². The Morgan fingerprint density at radius 3 is 2.83 bits per heavy atom. The van der Waals surface area contributed by atoms with Gasteiger partial charge in [-0.05, 0) is 40.3 Å². The number of hydrogen-bond acceptors (Lipinski definition) is 1. The molecule has 1 aromatic carbocycles. The summed E-state index contributed by atoms with van der Waals surface area (Å²) in [6.45, 7) is 0. The molecule has 0 aliphatic carbocycles. The number of nitriles is 1. The van der Waals surface area contributed by atoms with Crippen LogP contribution < -0.4 is 0 Å². The molecular formula is C8H4ClFIN. The minimum Gasteiger partial charge on any atom is -0.206 e. The smallest absolute Gasteiger partial charge is 0.138 e. The predicted molar refractivity (Wildman–Crippen MR) is 53.4 cm³/mol. The van der Waals surface area contributed by atoms with Crippen LogP contribution in [0, 0.1) is 20.7 Å². The molecule has 0 aliphatic heterocycles. The van der Waals surface area contributed by atoms with E-state index in [2.05, 4.69) is 0 Å². The maximum absolute atomic E-state index is 13.0. The van der Waals surface area contributed by atoms with Crippen molar-refractivity contribution in [1.82, 2.24) is 0 Å². The van der Waals surface area contributed by atoms with Gasteiger partial charge in [0.1, 0.15) is 5.82 Å². The average Bonchev–Trinajstić information content (AvgIpc) is 2.00. The molecule has 0 spiro atoms. The van der Waals surface area contributed by atoms with Gasteiger partial charge in [0.2, 0.25) is 0 Å². The monoisotopic (exact) mass is 295 g/mol. The summed E-state index contributed by atoms with van der Waals surface area (Å²) in [4.78, 5) is 0. The molecule has 0 aliphatic rings. The van der Waals surface area contributed by atoms with Crippen molar-refractivity contribution >= 4 is 34.2 Å². The quantitative estimate of drug-likeness (QED) is 0.577. The van der Waals surface area contributed by atoms with Crippen LogP contribution >= 0.6 is 34.2 Å². The van der Waals surface area contributed by atoms with E-state index in [9.17, 15) is 4.39 Å². The van der Waals surface area contributed by atoms with Gasteiger partial charge in [0.25, 0.3) is 0 Å². The van der Waals surface area contributed by atoms with Crippen molar-refractivity contribution < 1.29 is 4.39 Å². The van der Waals surface area contributed by atoms with Crippen molar-refractivity contribution in [3.63, 3.8) is 0 Å². The molecule has 4 heteroatoms. The van der Waals surface area contributed by atoms with Gasteiger partial charge in [-0.15, -0.1) is 0 Å². The Hall–Kier alpha value is -0.340. The average molecular weight is 295 g/mol. The Kier molecular flexibility index (Phi) is 3.29. The third-order valence-corrected chi connectivity index (χ3v) is 2.76. The lowest BCUT2D eigenvalue weighted by Gasteiger charge is -2.01. The van der Waals surface area contributed by atoms with Crippen molar-refractivity contribution in [2.75, 3.05) is 0 Å². The van der Waals surface area contributed by atoms with E-state index in [1.54, 1.807) is 6.07 Å². The topological polar surface area (TPSA) is 23.8 Å². The second kappa shape index (κ2) is 4.06. The van der Waals surface area contributed by atoms with Gasteiger partial charge in [-0.3, -0.25) is 0 Å². The zero-order chi connectivity index (χ0) is 9.14. The first-order valence-corrected chi connectivity index (χ1v) is 4.61. The lowest BCUT2D eigenvalue weighted by atomic mass is 10.2. The summed E-state index contributed by atoms with van der Waals surface area (Å²) in [7, 11) is 0. The van der Waals surface area contributed by atoms with Crippen LogP contribution in [-0.2, 0) is 6.42 Å². The molecule has 1 aromatic rings. The molecule has 0 radical (unpaired) electrons. The van der Waals surface area contributed by atoms with Crippen LogP contribution in [0.15, 0.2) is 12.1 Å². The molecule has 0 fully saturated rings. The van der Waals surface area contributed by atoms with Crippen LogP contribution in [0.4, 0.5) is 4.39 Å². The zero-order valence-electron chi connectivity index (χ0n) is 5.94. The van der Waals surface area contributed by atoms with Crippen molar-refractivity contribution in [3.05, 3.63) is 32.1 Å². The highest BCUT2D eigenvalue weighted by Crippen LogP contribution is 2.21. The first-order valence-electron chi connectivity index (χ1n) is 3.15. The van der Waals surface area contributed by atoms with Crippen LogP contribution in [0.2, 0.25) is 5.02 Å². The lowest BCUT2D eigenvalue weighted by Crippen LogP contribution is -1.91. The van der Waals surface area contributed by atoms with Crippen LogP contribution in [0.25, 0.3) is 0 Å². The minimum atomic E-state index is -0.367. The van der Waals surface area contributed by atoms with Crippen LogP contribution in [0.3, 0.4) is 0 Å². The molecule has 0 amide bonds. The van der Waals surface area contributed by atoms with E-state index in [0.717, 1.165) is 0 Å². The molecular weight excluding hydrogens is 291 g/mol. The first-order chi connectivity index (χ1) is 5.65. The van der Waals surface area contributed by atoms with Crippen LogP contribution in [-0.4, -0.2) is 0 Å². The molecule has 1 rings (SSSR count). The number of benzene rings is 1. The standard InChI is InChI=1S/C8H4ClFIN/c9-6-3-5(1-2-12)8(11)7(10)4-6/h3-4H,1H2. The zero-order valence-corrected chi connectivity index (χ0v) is 8.86. The summed E-state index contributed by atoms with van der Waals surface area (Å²) < 4.78 is 13.4. The molecule has 12 heavy (non-hydrogen) atoms. The summed E-state index contributed by atoms with van der Waals surface area (Å²) in [6.07, 6.45) is 0.190. The fourth-order valence-corrected chi connectivity index (χ4v) is 1.55. The highest BCUT2D eigenvalue weighted by Gasteiger charge is 2.06. The van der Waals surface area contributed by atoms with E-state index in [0.29, 0.717) is 14.2 Å². The van der Waals surface area contributed by atoms with Crippen LogP contribution in [0.1, 0.15) is 5.56 Å². The van der Waals surface area contributed by atoms with Crippen molar-refractivity contribution in [1.29, 1.82) is 5.26 Å². The SMILES string of the molecule is N#CCc1cc(Cl)cc(F)c1I. The number of nitrogens with zero attached hydrogens (tertiary/aromatic N) is 1. The van der Waals surface area contributed by atoms with E-state index in [4.69, 9.17) is 16.9 Å². The minimum absolute atomic E-state index is 0.190. The third-order valence-electron chi connectivity index (χ3n) is 1.34. The number of rotatable bonds is 1. The Balaban J connectivity index is 3.20. The van der Waals surface area contributed by atoms with Gasteiger partial charge in [-0.25, -0.2) is 4.39 Å². The van der Waals surface area contributed by atoms with Gasteiger partial charge in [-0.2, -0.15) is 5.26 Å². The Morgan fingerprint density at radius 2 is 2.25 bits per heavy atom. The van der Waals surface area contributed by atoms with E-state index in [-0.39, 0.29) is 12.2 Å². The molecule has 62 valence electrons. The Bertz CT molecular complexity index is 346. The molecule has 0 saturated carbocycles. The van der Waals surface area contributed by atoms with E-state index >= 15 is 0 Å². The number of hydrogen-bond donors (Lipinski definition) is 0. The maximum Gasteiger partial charge on any atom is 0.138 e. The lowest BCUT2D eigenvalue weighted by molar-refractivity contribution is 0.618. The molecule has 0 atom stereocenters. The fourth-order valence-electron chi connectivity index (χ4n) is 0.823. The first kappa shape index (κ1) is 9.75. The Morgan fingerprint density at radius 1 is 1.58 bits per heavy atom. The van der Waals surface area contributed by atoms with E-state index in [1.807, 2.05) is 28.7 Å². The predicted octanol–water partition coefficient (Wildman–Crippen LogP) is 3.15. The Labute approximate surface area is 88.3 Å². The van der Waals surface area contributed by atoms with Gasteiger partial charge in [0, 0.05) is 5.02 Å². The largest absolute Gasteiger partial charge is 0.206 e. The van der Waals surface area contributed by atoms with Gasteiger partial charge in [0.15, 0.2) is 0 Å². The van der Waals surface area contributed by atoms with Crippen molar-refractivity contribution in [3.8, 4) is 6.07 Å². The maximum atomic E-state index is 13.0.